The van der Waals surface area contributed by atoms with Gasteiger partial charge in [-0.1, -0.05) is 57.2 Å². The van der Waals surface area contributed by atoms with Crippen molar-refractivity contribution in [3.8, 4) is 5.69 Å². The lowest BCUT2D eigenvalue weighted by Gasteiger charge is -2.23. The summed E-state index contributed by atoms with van der Waals surface area (Å²) < 4.78 is 1.88. The third-order valence-electron chi connectivity index (χ3n) is 4.98. The second kappa shape index (κ2) is 8.24. The van der Waals surface area contributed by atoms with E-state index in [1.807, 2.05) is 66.2 Å². The maximum Gasteiger partial charge on any atom is 0.267 e. The van der Waals surface area contributed by atoms with Gasteiger partial charge in [-0.05, 0) is 54.4 Å². The van der Waals surface area contributed by atoms with Crippen molar-refractivity contribution >= 4 is 50.5 Å². The van der Waals surface area contributed by atoms with Crippen LogP contribution in [0.1, 0.15) is 41.7 Å². The number of para-hydroxylation sites is 2. The van der Waals surface area contributed by atoms with Crippen molar-refractivity contribution in [1.82, 2.24) is 15.1 Å². The van der Waals surface area contributed by atoms with Gasteiger partial charge in [0.15, 0.2) is 5.11 Å². The van der Waals surface area contributed by atoms with E-state index in [4.69, 9.17) is 12.2 Å². The number of benzene rings is 2. The monoisotopic (exact) mass is 448 g/mol. The van der Waals surface area contributed by atoms with Gasteiger partial charge in [0.25, 0.3) is 5.91 Å². The second-order valence-electron chi connectivity index (χ2n) is 8.37. The lowest BCUT2D eigenvalue weighted by molar-refractivity contribution is 0.0981. The quantitative estimate of drug-likeness (QED) is 0.388. The van der Waals surface area contributed by atoms with Gasteiger partial charge < -0.3 is 5.32 Å². The molecule has 0 spiro atoms. The Labute approximate surface area is 191 Å². The minimum atomic E-state index is -0.231. The van der Waals surface area contributed by atoms with E-state index in [-0.39, 0.29) is 16.4 Å². The number of thiocarbonyl (C=S) groups is 1. The molecule has 5 nitrogen and oxygen atoms in total. The SMILES string of the molecule is Cc1nn(-c2ccccc2)c2sc(C(=O)NC(=S)Nc3ccccc3C(C)(C)C)cc12. The van der Waals surface area contributed by atoms with Crippen LogP contribution in [0.3, 0.4) is 0 Å². The number of aryl methyl sites for hydroxylation is 1. The predicted octanol–water partition coefficient (Wildman–Crippen LogP) is 5.82. The highest BCUT2D eigenvalue weighted by molar-refractivity contribution is 7.80. The average molecular weight is 449 g/mol. The predicted molar refractivity (Wildman–Crippen MR) is 133 cm³/mol. The molecule has 0 aliphatic rings. The number of hydrogen-bond acceptors (Lipinski definition) is 4. The summed E-state index contributed by atoms with van der Waals surface area (Å²) in [5.41, 5.74) is 3.83. The molecular weight excluding hydrogens is 424 g/mol. The Morgan fingerprint density at radius 3 is 2.45 bits per heavy atom. The molecule has 0 saturated heterocycles. The van der Waals surface area contributed by atoms with Gasteiger partial charge >= 0.3 is 0 Å². The average Bonchev–Trinajstić information content (AvgIpc) is 3.29. The molecule has 4 aromatic rings. The summed E-state index contributed by atoms with van der Waals surface area (Å²) in [4.78, 5) is 14.4. The lowest BCUT2D eigenvalue weighted by Crippen LogP contribution is -2.34. The van der Waals surface area contributed by atoms with E-state index in [1.165, 1.54) is 11.3 Å². The topological polar surface area (TPSA) is 59.0 Å². The largest absolute Gasteiger partial charge is 0.332 e. The number of nitrogens with one attached hydrogen (secondary N) is 2. The van der Waals surface area contributed by atoms with Gasteiger partial charge in [-0.2, -0.15) is 5.10 Å². The van der Waals surface area contributed by atoms with Crippen molar-refractivity contribution in [3.05, 3.63) is 76.8 Å². The van der Waals surface area contributed by atoms with E-state index in [2.05, 4.69) is 42.6 Å². The van der Waals surface area contributed by atoms with Crippen LogP contribution in [-0.2, 0) is 5.41 Å². The number of aromatic nitrogens is 2. The van der Waals surface area contributed by atoms with Crippen LogP contribution < -0.4 is 10.6 Å². The number of carbonyl (C=O) groups excluding carboxylic acids is 1. The van der Waals surface area contributed by atoms with Crippen LogP contribution in [0.25, 0.3) is 15.9 Å². The molecule has 1 amide bonds. The zero-order chi connectivity index (χ0) is 22.2. The van der Waals surface area contributed by atoms with Gasteiger partial charge in [0, 0.05) is 11.1 Å². The summed E-state index contributed by atoms with van der Waals surface area (Å²) in [6.45, 7) is 8.38. The molecule has 4 rings (SSSR count). The van der Waals surface area contributed by atoms with Crippen molar-refractivity contribution in [1.29, 1.82) is 0 Å². The number of nitrogens with zero attached hydrogens (tertiary/aromatic N) is 2. The van der Waals surface area contributed by atoms with Crippen LogP contribution >= 0.6 is 23.6 Å². The molecule has 2 heterocycles. The van der Waals surface area contributed by atoms with Gasteiger partial charge in [0.2, 0.25) is 0 Å². The summed E-state index contributed by atoms with van der Waals surface area (Å²) in [5, 5.41) is 11.9. The zero-order valence-electron chi connectivity index (χ0n) is 17.9. The van der Waals surface area contributed by atoms with Crippen molar-refractivity contribution in [2.45, 2.75) is 33.1 Å². The Morgan fingerprint density at radius 2 is 1.74 bits per heavy atom. The van der Waals surface area contributed by atoms with E-state index in [1.54, 1.807) is 0 Å². The number of rotatable bonds is 3. The van der Waals surface area contributed by atoms with Crippen LogP contribution in [0.4, 0.5) is 5.69 Å². The van der Waals surface area contributed by atoms with Crippen LogP contribution in [0.5, 0.6) is 0 Å². The molecule has 0 atom stereocenters. The number of hydrogen-bond donors (Lipinski definition) is 2. The first-order valence-electron chi connectivity index (χ1n) is 10.0. The fourth-order valence-electron chi connectivity index (χ4n) is 3.47. The van der Waals surface area contributed by atoms with E-state index < -0.39 is 0 Å². The first kappa shape index (κ1) is 21.2. The molecule has 0 saturated carbocycles. The normalized spacial score (nSPS) is 11.5. The maximum absolute atomic E-state index is 12.9. The van der Waals surface area contributed by atoms with E-state index >= 15 is 0 Å². The summed E-state index contributed by atoms with van der Waals surface area (Å²) in [7, 11) is 0. The second-order valence-corrected chi connectivity index (χ2v) is 9.80. The molecule has 31 heavy (non-hydrogen) atoms. The maximum atomic E-state index is 12.9. The number of thiophene rings is 1. The molecule has 0 fully saturated rings. The van der Waals surface area contributed by atoms with Crippen LogP contribution in [0, 0.1) is 6.92 Å². The minimum absolute atomic E-state index is 0.0461. The summed E-state index contributed by atoms with van der Waals surface area (Å²) in [6, 6.07) is 19.8. The van der Waals surface area contributed by atoms with E-state index in [0.717, 1.165) is 32.8 Å². The Kier molecular flexibility index (Phi) is 5.64. The highest BCUT2D eigenvalue weighted by atomic mass is 32.1. The number of carbonyl (C=O) groups is 1. The fourth-order valence-corrected chi connectivity index (χ4v) is 4.75. The zero-order valence-corrected chi connectivity index (χ0v) is 19.5. The Balaban J connectivity index is 1.55. The van der Waals surface area contributed by atoms with Gasteiger partial charge in [-0.3, -0.25) is 10.1 Å². The van der Waals surface area contributed by atoms with Crippen LogP contribution in [-0.4, -0.2) is 20.8 Å². The van der Waals surface area contributed by atoms with E-state index in [9.17, 15) is 4.79 Å². The number of fused-ring (bicyclic) bond motifs is 1. The van der Waals surface area contributed by atoms with Crippen LogP contribution in [0.15, 0.2) is 60.7 Å². The van der Waals surface area contributed by atoms with Gasteiger partial charge in [-0.15, -0.1) is 11.3 Å². The molecule has 7 heteroatoms. The first-order chi connectivity index (χ1) is 14.7. The third-order valence-corrected chi connectivity index (χ3v) is 6.29. The minimum Gasteiger partial charge on any atom is -0.332 e. The molecule has 2 aromatic heterocycles. The molecular formula is C24H24N4OS2. The molecule has 2 aromatic carbocycles. The summed E-state index contributed by atoms with van der Waals surface area (Å²) in [5.74, 6) is -0.231. The molecule has 158 valence electrons. The number of amides is 1. The van der Waals surface area contributed by atoms with Crippen molar-refractivity contribution < 1.29 is 4.79 Å². The highest BCUT2D eigenvalue weighted by Crippen LogP contribution is 2.31. The highest BCUT2D eigenvalue weighted by Gasteiger charge is 2.20. The Bertz CT molecular complexity index is 1270. The lowest BCUT2D eigenvalue weighted by atomic mass is 9.86. The van der Waals surface area contributed by atoms with Crippen molar-refractivity contribution in [2.24, 2.45) is 0 Å². The standard InChI is InChI=1S/C24H24N4OS2/c1-15-17-14-20(31-22(17)28(27-15)16-10-6-5-7-11-16)21(29)26-23(30)25-19-13-9-8-12-18(19)24(2,3)4/h5-14H,1-4H3,(H2,25,26,29,30). The van der Waals surface area contributed by atoms with Crippen molar-refractivity contribution in [2.75, 3.05) is 5.32 Å². The smallest absolute Gasteiger partial charge is 0.267 e. The van der Waals surface area contributed by atoms with Gasteiger partial charge in [0.1, 0.15) is 4.83 Å². The summed E-state index contributed by atoms with van der Waals surface area (Å²) in [6.07, 6.45) is 0. The van der Waals surface area contributed by atoms with Gasteiger partial charge in [0.05, 0.1) is 16.3 Å². The molecule has 0 unspecified atom stereocenters. The van der Waals surface area contributed by atoms with Gasteiger partial charge in [-0.25, -0.2) is 4.68 Å². The number of anilines is 1. The fraction of sp³-hybridized carbons (Fsp3) is 0.208. The Hall–Kier alpha value is -3.03. The molecule has 0 aliphatic heterocycles. The molecule has 0 radical (unpaired) electrons. The summed E-state index contributed by atoms with van der Waals surface area (Å²) >= 11 is 6.83. The van der Waals surface area contributed by atoms with Crippen molar-refractivity contribution in [3.63, 3.8) is 0 Å². The first-order valence-corrected chi connectivity index (χ1v) is 11.2. The molecule has 0 aliphatic carbocycles. The van der Waals surface area contributed by atoms with E-state index in [0.29, 0.717) is 4.88 Å². The Morgan fingerprint density at radius 1 is 1.06 bits per heavy atom. The van der Waals surface area contributed by atoms with Crippen LogP contribution in [0.2, 0.25) is 0 Å². The molecule has 2 N–H and O–H groups in total. The third kappa shape index (κ3) is 4.38. The molecule has 0 bridgehead atoms.